The molecule has 1 aromatic carbocycles. The Kier molecular flexibility index (Phi) is 5.78. The first kappa shape index (κ1) is 15.5. The van der Waals surface area contributed by atoms with Gasteiger partial charge in [-0.25, -0.2) is 13.1 Å². The van der Waals surface area contributed by atoms with Crippen molar-refractivity contribution in [3.05, 3.63) is 24.3 Å². The van der Waals surface area contributed by atoms with E-state index in [2.05, 4.69) is 15.4 Å². The number of benzene rings is 1. The molecule has 0 aliphatic rings. The van der Waals surface area contributed by atoms with Gasteiger partial charge in [0.25, 0.3) is 0 Å². The maximum atomic E-state index is 11.9. The number of likely N-dealkylation sites (N-methyl/N-ethyl adjacent to an activating group) is 1. The second-order valence-electron chi connectivity index (χ2n) is 3.83. The Labute approximate surface area is 113 Å². The zero-order valence-electron chi connectivity index (χ0n) is 11.1. The summed E-state index contributed by atoms with van der Waals surface area (Å²) in [5, 5.41) is 5.59. The van der Waals surface area contributed by atoms with Gasteiger partial charge < -0.3 is 10.6 Å². The maximum absolute atomic E-state index is 11.9. The Morgan fingerprint density at radius 2 is 1.74 bits per heavy atom. The largest absolute Gasteiger partial charge is 0.385 e. The number of sulfonamides is 1. The van der Waals surface area contributed by atoms with Gasteiger partial charge in [-0.3, -0.25) is 4.79 Å². The van der Waals surface area contributed by atoms with Crippen LogP contribution < -0.4 is 15.4 Å². The molecule has 0 radical (unpaired) electrons. The molecular weight excluding hydrogens is 266 g/mol. The van der Waals surface area contributed by atoms with Gasteiger partial charge in [0.05, 0.1) is 11.4 Å². The van der Waals surface area contributed by atoms with E-state index < -0.39 is 10.0 Å². The topological polar surface area (TPSA) is 87.3 Å². The number of rotatable bonds is 7. The van der Waals surface area contributed by atoms with Crippen LogP contribution in [0.2, 0.25) is 0 Å². The van der Waals surface area contributed by atoms with Crippen molar-refractivity contribution >= 4 is 21.6 Å². The lowest BCUT2D eigenvalue weighted by Crippen LogP contribution is -2.36. The first-order valence-corrected chi connectivity index (χ1v) is 7.58. The van der Waals surface area contributed by atoms with E-state index in [4.69, 9.17) is 0 Å². The van der Waals surface area contributed by atoms with Crippen molar-refractivity contribution < 1.29 is 13.2 Å². The second-order valence-corrected chi connectivity index (χ2v) is 5.60. The molecule has 0 fully saturated rings. The Morgan fingerprint density at radius 3 is 2.26 bits per heavy atom. The van der Waals surface area contributed by atoms with Gasteiger partial charge >= 0.3 is 0 Å². The molecule has 0 bridgehead atoms. The highest BCUT2D eigenvalue weighted by Crippen LogP contribution is 2.13. The van der Waals surface area contributed by atoms with Gasteiger partial charge in [0.15, 0.2) is 0 Å². The van der Waals surface area contributed by atoms with Crippen molar-refractivity contribution in [2.45, 2.75) is 18.7 Å². The standard InChI is InChI=1S/C12H19N3O3S/c1-3-13-10-5-7-11(8-6-10)19(17,18)15-9-12(16)14-4-2/h5-8,13,15H,3-4,9H2,1-2H3,(H,14,16). The van der Waals surface area contributed by atoms with Gasteiger partial charge in [-0.15, -0.1) is 0 Å². The van der Waals surface area contributed by atoms with Crippen molar-refractivity contribution in [2.75, 3.05) is 25.0 Å². The van der Waals surface area contributed by atoms with E-state index in [1.165, 1.54) is 12.1 Å². The van der Waals surface area contributed by atoms with Gasteiger partial charge in [0.1, 0.15) is 0 Å². The van der Waals surface area contributed by atoms with Crippen LogP contribution in [0.5, 0.6) is 0 Å². The lowest BCUT2D eigenvalue weighted by atomic mass is 10.3. The molecule has 0 atom stereocenters. The van der Waals surface area contributed by atoms with E-state index in [0.717, 1.165) is 12.2 Å². The lowest BCUT2D eigenvalue weighted by molar-refractivity contribution is -0.119. The summed E-state index contributed by atoms with van der Waals surface area (Å²) in [5.41, 5.74) is 0.852. The fourth-order valence-corrected chi connectivity index (χ4v) is 2.44. The van der Waals surface area contributed by atoms with Gasteiger partial charge in [-0.05, 0) is 38.1 Å². The van der Waals surface area contributed by atoms with E-state index in [1.54, 1.807) is 19.1 Å². The summed E-state index contributed by atoms with van der Waals surface area (Å²) in [6, 6.07) is 6.37. The molecule has 0 heterocycles. The van der Waals surface area contributed by atoms with Crippen LogP contribution in [0.15, 0.2) is 29.2 Å². The maximum Gasteiger partial charge on any atom is 0.241 e. The Hall–Kier alpha value is -1.60. The summed E-state index contributed by atoms with van der Waals surface area (Å²) in [5.74, 6) is -0.352. The van der Waals surface area contributed by atoms with Gasteiger partial charge in [-0.1, -0.05) is 0 Å². The molecule has 1 aromatic rings. The van der Waals surface area contributed by atoms with E-state index >= 15 is 0 Å². The van der Waals surface area contributed by atoms with Crippen molar-refractivity contribution in [1.82, 2.24) is 10.0 Å². The summed E-state index contributed by atoms with van der Waals surface area (Å²) < 4.78 is 26.0. The third-order valence-corrected chi connectivity index (χ3v) is 3.76. The van der Waals surface area contributed by atoms with Crippen LogP contribution in [0.1, 0.15) is 13.8 Å². The highest BCUT2D eigenvalue weighted by atomic mass is 32.2. The van der Waals surface area contributed by atoms with Crippen molar-refractivity contribution in [2.24, 2.45) is 0 Å². The van der Waals surface area contributed by atoms with E-state index in [0.29, 0.717) is 6.54 Å². The molecule has 0 aliphatic carbocycles. The van der Waals surface area contributed by atoms with E-state index in [-0.39, 0.29) is 17.3 Å². The number of carbonyl (C=O) groups is 1. The number of hydrogen-bond acceptors (Lipinski definition) is 4. The number of hydrogen-bond donors (Lipinski definition) is 3. The summed E-state index contributed by atoms with van der Waals surface area (Å²) in [6.07, 6.45) is 0. The SMILES string of the molecule is CCNC(=O)CNS(=O)(=O)c1ccc(NCC)cc1. The predicted octanol–water partition coefficient (Wildman–Crippen LogP) is 0.533. The van der Waals surface area contributed by atoms with Crippen molar-refractivity contribution in [3.63, 3.8) is 0 Å². The molecular formula is C12H19N3O3S. The van der Waals surface area contributed by atoms with Gasteiger partial charge in [0.2, 0.25) is 15.9 Å². The summed E-state index contributed by atoms with van der Waals surface area (Å²) in [6.45, 7) is 4.70. The third-order valence-electron chi connectivity index (χ3n) is 2.34. The van der Waals surface area contributed by atoms with Crippen LogP contribution >= 0.6 is 0 Å². The monoisotopic (exact) mass is 285 g/mol. The zero-order valence-corrected chi connectivity index (χ0v) is 11.9. The second kappa shape index (κ2) is 7.10. The Bertz CT molecular complexity index is 512. The minimum Gasteiger partial charge on any atom is -0.385 e. The highest BCUT2D eigenvalue weighted by molar-refractivity contribution is 7.89. The number of nitrogens with one attached hydrogen (secondary N) is 3. The summed E-state index contributed by atoms with van der Waals surface area (Å²) in [4.78, 5) is 11.3. The first-order valence-electron chi connectivity index (χ1n) is 6.10. The summed E-state index contributed by atoms with van der Waals surface area (Å²) >= 11 is 0. The molecule has 6 nitrogen and oxygen atoms in total. The molecule has 7 heteroatoms. The minimum atomic E-state index is -3.64. The van der Waals surface area contributed by atoms with Crippen LogP contribution in [0.4, 0.5) is 5.69 Å². The average Bonchev–Trinajstić information content (AvgIpc) is 2.38. The molecule has 0 saturated carbocycles. The molecule has 1 rings (SSSR count). The van der Waals surface area contributed by atoms with E-state index in [9.17, 15) is 13.2 Å². The average molecular weight is 285 g/mol. The van der Waals surface area contributed by atoms with Gasteiger partial charge in [-0.2, -0.15) is 0 Å². The van der Waals surface area contributed by atoms with Crippen LogP contribution in [0.25, 0.3) is 0 Å². The molecule has 1 amide bonds. The number of amides is 1. The van der Waals surface area contributed by atoms with E-state index in [1.807, 2.05) is 6.92 Å². The summed E-state index contributed by atoms with van der Waals surface area (Å²) in [7, 11) is -3.64. The fraction of sp³-hybridized carbons (Fsp3) is 0.417. The highest BCUT2D eigenvalue weighted by Gasteiger charge is 2.14. The lowest BCUT2D eigenvalue weighted by Gasteiger charge is -2.08. The van der Waals surface area contributed by atoms with Crippen LogP contribution in [-0.4, -0.2) is 34.0 Å². The fourth-order valence-electron chi connectivity index (χ4n) is 1.46. The molecule has 0 saturated heterocycles. The van der Waals surface area contributed by atoms with Crippen LogP contribution in [0, 0.1) is 0 Å². The molecule has 0 spiro atoms. The van der Waals surface area contributed by atoms with Crippen LogP contribution in [0.3, 0.4) is 0 Å². The molecule has 0 aliphatic heterocycles. The quantitative estimate of drug-likeness (QED) is 0.682. The molecule has 3 N–H and O–H groups in total. The normalized spacial score (nSPS) is 11.1. The first-order chi connectivity index (χ1) is 8.99. The molecule has 0 unspecified atom stereocenters. The molecule has 0 aromatic heterocycles. The van der Waals surface area contributed by atoms with Gasteiger partial charge in [0, 0.05) is 18.8 Å². The Balaban J connectivity index is 2.69. The molecule has 106 valence electrons. The third kappa shape index (κ3) is 4.88. The zero-order chi connectivity index (χ0) is 14.3. The number of carbonyl (C=O) groups excluding carboxylic acids is 1. The van der Waals surface area contributed by atoms with Crippen molar-refractivity contribution in [1.29, 1.82) is 0 Å². The minimum absolute atomic E-state index is 0.137. The molecule has 19 heavy (non-hydrogen) atoms. The Morgan fingerprint density at radius 1 is 1.11 bits per heavy atom. The predicted molar refractivity (Wildman–Crippen MR) is 74.5 cm³/mol. The smallest absolute Gasteiger partial charge is 0.241 e. The van der Waals surface area contributed by atoms with Crippen molar-refractivity contribution in [3.8, 4) is 0 Å². The number of anilines is 1. The van der Waals surface area contributed by atoms with Crippen LogP contribution in [-0.2, 0) is 14.8 Å².